The van der Waals surface area contributed by atoms with E-state index in [4.69, 9.17) is 16.3 Å². The van der Waals surface area contributed by atoms with Gasteiger partial charge in [-0.15, -0.1) is 0 Å². The van der Waals surface area contributed by atoms with Crippen LogP contribution in [0.2, 0.25) is 5.02 Å². The van der Waals surface area contributed by atoms with E-state index >= 15 is 0 Å². The molecule has 120 valence electrons. The van der Waals surface area contributed by atoms with Crippen LogP contribution in [0, 0.1) is 0 Å². The molecule has 1 aromatic rings. The summed E-state index contributed by atoms with van der Waals surface area (Å²) < 4.78 is 5.00. The van der Waals surface area contributed by atoms with E-state index < -0.39 is 0 Å². The Balaban J connectivity index is 2.65. The van der Waals surface area contributed by atoms with Crippen molar-refractivity contribution in [1.29, 1.82) is 0 Å². The molecule has 5 heteroatoms. The van der Waals surface area contributed by atoms with Crippen LogP contribution in [0.25, 0.3) is 0 Å². The highest BCUT2D eigenvalue weighted by Gasteiger charge is 2.10. The molecule has 0 fully saturated rings. The Bertz CT molecular complexity index is 402. The summed E-state index contributed by atoms with van der Waals surface area (Å²) in [4.78, 5) is 2.15. The van der Waals surface area contributed by atoms with Crippen molar-refractivity contribution in [3.05, 3.63) is 28.8 Å². The highest BCUT2D eigenvalue weighted by atomic mass is 35.5. The molecular formula is C16H27ClN2O2. The maximum atomic E-state index is 9.20. The Hall–Kier alpha value is -0.810. The highest BCUT2D eigenvalue weighted by Crippen LogP contribution is 2.27. The molecule has 0 heterocycles. The summed E-state index contributed by atoms with van der Waals surface area (Å²) in [5, 5.41) is 13.2. The molecule has 1 aromatic carbocycles. The van der Waals surface area contributed by atoms with E-state index in [0.717, 1.165) is 48.7 Å². The van der Waals surface area contributed by atoms with Crippen LogP contribution in [-0.2, 0) is 11.3 Å². The van der Waals surface area contributed by atoms with Crippen molar-refractivity contribution in [1.82, 2.24) is 5.32 Å². The first-order valence-corrected chi connectivity index (χ1v) is 7.94. The number of hydrogen-bond acceptors (Lipinski definition) is 4. The summed E-state index contributed by atoms with van der Waals surface area (Å²) in [5.41, 5.74) is 2.15. The van der Waals surface area contributed by atoms with Crippen LogP contribution in [0.3, 0.4) is 0 Å². The Kier molecular flexibility index (Phi) is 9.42. The number of ether oxygens (including phenoxy) is 1. The van der Waals surface area contributed by atoms with Gasteiger partial charge in [0.05, 0.1) is 23.9 Å². The van der Waals surface area contributed by atoms with Crippen LogP contribution in [0.1, 0.15) is 25.3 Å². The van der Waals surface area contributed by atoms with E-state index in [1.807, 2.05) is 12.1 Å². The second-order valence-corrected chi connectivity index (χ2v) is 5.43. The number of unbranched alkanes of at least 4 members (excludes halogenated alkanes) is 1. The minimum atomic E-state index is 0.139. The fourth-order valence-corrected chi connectivity index (χ4v) is 2.47. The zero-order valence-electron chi connectivity index (χ0n) is 13.1. The smallest absolute Gasteiger partial charge is 0.0642 e. The van der Waals surface area contributed by atoms with Gasteiger partial charge in [-0.2, -0.15) is 0 Å². The number of nitrogens with one attached hydrogen (secondary N) is 1. The first kappa shape index (κ1) is 18.2. The van der Waals surface area contributed by atoms with Gasteiger partial charge < -0.3 is 20.1 Å². The molecule has 0 aliphatic rings. The molecule has 0 unspecified atom stereocenters. The summed E-state index contributed by atoms with van der Waals surface area (Å²) in [7, 11) is 1.69. The molecule has 21 heavy (non-hydrogen) atoms. The largest absolute Gasteiger partial charge is 0.395 e. The number of hydrogen-bond donors (Lipinski definition) is 2. The van der Waals surface area contributed by atoms with Crippen LogP contribution in [0.5, 0.6) is 0 Å². The molecule has 1 rings (SSSR count). The molecule has 0 amide bonds. The third-order valence-corrected chi connectivity index (χ3v) is 3.62. The number of nitrogens with zero attached hydrogens (tertiary/aromatic N) is 1. The quantitative estimate of drug-likeness (QED) is 0.616. The first-order valence-electron chi connectivity index (χ1n) is 7.56. The maximum absolute atomic E-state index is 9.20. The van der Waals surface area contributed by atoms with Crippen molar-refractivity contribution in [2.24, 2.45) is 0 Å². The lowest BCUT2D eigenvalue weighted by Crippen LogP contribution is -2.28. The van der Waals surface area contributed by atoms with Gasteiger partial charge >= 0.3 is 0 Å². The van der Waals surface area contributed by atoms with Crippen LogP contribution >= 0.6 is 11.6 Å². The summed E-state index contributed by atoms with van der Waals surface area (Å²) >= 11 is 6.40. The minimum absolute atomic E-state index is 0.139. The van der Waals surface area contributed by atoms with E-state index in [1.165, 1.54) is 0 Å². The lowest BCUT2D eigenvalue weighted by Gasteiger charge is -2.25. The summed E-state index contributed by atoms with van der Waals surface area (Å²) in [6, 6.07) is 6.12. The van der Waals surface area contributed by atoms with Gasteiger partial charge in [-0.25, -0.2) is 0 Å². The SMILES string of the molecule is CCCCN(CCO)c1ccc(CNCCOC)cc1Cl. The van der Waals surface area contributed by atoms with Crippen molar-refractivity contribution in [2.45, 2.75) is 26.3 Å². The third-order valence-electron chi connectivity index (χ3n) is 3.32. The molecule has 0 saturated heterocycles. The number of aliphatic hydroxyl groups is 1. The third kappa shape index (κ3) is 6.66. The monoisotopic (exact) mass is 314 g/mol. The average Bonchev–Trinajstić information content (AvgIpc) is 2.48. The summed E-state index contributed by atoms with van der Waals surface area (Å²) in [6.45, 7) is 6.13. The van der Waals surface area contributed by atoms with Crippen molar-refractivity contribution in [3.63, 3.8) is 0 Å². The molecule has 0 saturated carbocycles. The van der Waals surface area contributed by atoms with Crippen molar-refractivity contribution in [2.75, 3.05) is 44.9 Å². The molecular weight excluding hydrogens is 288 g/mol. The lowest BCUT2D eigenvalue weighted by molar-refractivity contribution is 0.199. The maximum Gasteiger partial charge on any atom is 0.0642 e. The van der Waals surface area contributed by atoms with E-state index in [-0.39, 0.29) is 6.61 Å². The summed E-state index contributed by atoms with van der Waals surface area (Å²) in [6.07, 6.45) is 2.22. The molecule has 0 atom stereocenters. The highest BCUT2D eigenvalue weighted by molar-refractivity contribution is 6.33. The van der Waals surface area contributed by atoms with Gasteiger partial charge in [-0.05, 0) is 24.1 Å². The minimum Gasteiger partial charge on any atom is -0.395 e. The van der Waals surface area contributed by atoms with Gasteiger partial charge in [0.1, 0.15) is 0 Å². The van der Waals surface area contributed by atoms with E-state index in [1.54, 1.807) is 7.11 Å². The van der Waals surface area contributed by atoms with Crippen LogP contribution in [0.15, 0.2) is 18.2 Å². The van der Waals surface area contributed by atoms with Crippen LogP contribution < -0.4 is 10.2 Å². The van der Waals surface area contributed by atoms with Gasteiger partial charge in [-0.1, -0.05) is 31.0 Å². The normalized spacial score (nSPS) is 10.9. The van der Waals surface area contributed by atoms with Crippen molar-refractivity contribution in [3.8, 4) is 0 Å². The summed E-state index contributed by atoms with van der Waals surface area (Å²) in [5.74, 6) is 0. The predicted octanol–water partition coefficient (Wildman–Crippen LogP) is 2.67. The van der Waals surface area contributed by atoms with Gasteiger partial charge in [0, 0.05) is 33.3 Å². The molecule has 0 spiro atoms. The molecule has 0 aliphatic carbocycles. The Morgan fingerprint density at radius 3 is 2.76 bits per heavy atom. The lowest BCUT2D eigenvalue weighted by atomic mass is 10.1. The molecule has 0 bridgehead atoms. The second kappa shape index (κ2) is 10.9. The van der Waals surface area contributed by atoms with E-state index in [9.17, 15) is 5.11 Å². The molecule has 0 aliphatic heterocycles. The zero-order chi connectivity index (χ0) is 15.5. The Labute approximate surface area is 133 Å². The van der Waals surface area contributed by atoms with Crippen LogP contribution in [0.4, 0.5) is 5.69 Å². The molecule has 0 aromatic heterocycles. The standard InChI is InChI=1S/C16H27ClN2O2/c1-3-4-8-19(9-10-20)16-6-5-14(12-15(16)17)13-18-7-11-21-2/h5-6,12,18,20H,3-4,7-11,13H2,1-2H3. The zero-order valence-corrected chi connectivity index (χ0v) is 13.8. The Morgan fingerprint density at radius 2 is 2.14 bits per heavy atom. The van der Waals surface area contributed by atoms with Crippen molar-refractivity contribution >= 4 is 17.3 Å². The average molecular weight is 315 g/mol. The van der Waals surface area contributed by atoms with Gasteiger partial charge in [-0.3, -0.25) is 0 Å². The Morgan fingerprint density at radius 1 is 1.33 bits per heavy atom. The van der Waals surface area contributed by atoms with Gasteiger partial charge in [0.25, 0.3) is 0 Å². The second-order valence-electron chi connectivity index (χ2n) is 5.02. The number of rotatable bonds is 11. The fourth-order valence-electron chi connectivity index (χ4n) is 2.15. The first-order chi connectivity index (χ1) is 10.2. The van der Waals surface area contributed by atoms with E-state index in [2.05, 4.69) is 23.2 Å². The number of aliphatic hydroxyl groups excluding tert-OH is 1. The number of anilines is 1. The fraction of sp³-hybridized carbons (Fsp3) is 0.625. The number of halogens is 1. The predicted molar refractivity (Wildman–Crippen MR) is 89.2 cm³/mol. The topological polar surface area (TPSA) is 44.7 Å². The van der Waals surface area contributed by atoms with E-state index in [0.29, 0.717) is 13.2 Å². The van der Waals surface area contributed by atoms with Crippen molar-refractivity contribution < 1.29 is 9.84 Å². The van der Waals surface area contributed by atoms with Gasteiger partial charge in [0.15, 0.2) is 0 Å². The molecule has 4 nitrogen and oxygen atoms in total. The molecule has 0 radical (unpaired) electrons. The van der Waals surface area contributed by atoms with Gasteiger partial charge in [0.2, 0.25) is 0 Å². The van der Waals surface area contributed by atoms with Crippen LogP contribution in [-0.4, -0.2) is 45.1 Å². The molecule has 2 N–H and O–H groups in total. The number of methoxy groups -OCH3 is 1. The number of benzene rings is 1.